The number of hydrogen-bond acceptors (Lipinski definition) is 8. The number of piperidine rings is 1. The number of nitrogens with two attached hydrogens (primary N) is 2. The molecule has 0 bridgehead atoms. The molecule has 2 aliphatic rings. The van der Waals surface area contributed by atoms with Crippen molar-refractivity contribution in [3.05, 3.63) is 95.8 Å². The average Bonchev–Trinajstić information content (AvgIpc) is 3.01. The summed E-state index contributed by atoms with van der Waals surface area (Å²) in [6.07, 6.45) is 5.69. The van der Waals surface area contributed by atoms with Gasteiger partial charge in [0.25, 0.3) is 0 Å². The monoisotopic (exact) mass is 609 g/mol. The molecule has 1 saturated heterocycles. The van der Waals surface area contributed by atoms with Gasteiger partial charge < -0.3 is 31.3 Å². The van der Waals surface area contributed by atoms with Crippen LogP contribution in [0.15, 0.2) is 90.3 Å². The largest absolute Gasteiger partial charge is 0.444 e. The highest BCUT2D eigenvalue weighted by Gasteiger charge is 2.27. The summed E-state index contributed by atoms with van der Waals surface area (Å²) in [4.78, 5) is 24.0. The van der Waals surface area contributed by atoms with E-state index in [1.54, 1.807) is 0 Å². The third-order valence-electron chi connectivity index (χ3n) is 8.35. The number of amides is 1. The average molecular weight is 610 g/mol. The van der Waals surface area contributed by atoms with Crippen LogP contribution < -0.4 is 21.7 Å². The van der Waals surface area contributed by atoms with Gasteiger partial charge in [-0.05, 0) is 70.4 Å². The van der Waals surface area contributed by atoms with Crippen molar-refractivity contribution in [2.45, 2.75) is 64.8 Å². The SMILES string of the molecule is CC(C1=C(N)N(C)CC=C1)N(c1ccc(CN2CCC(NC(=O)OC(C)(C)C)CC2)cc1)c1nc(-c2ccccc2)ccc1N. The molecule has 1 atom stereocenters. The Labute approximate surface area is 267 Å². The molecule has 2 aliphatic heterocycles. The summed E-state index contributed by atoms with van der Waals surface area (Å²) in [5.74, 6) is 1.44. The Morgan fingerprint density at radius 3 is 2.40 bits per heavy atom. The van der Waals surface area contributed by atoms with Crippen LogP contribution in [-0.4, -0.2) is 65.2 Å². The van der Waals surface area contributed by atoms with Gasteiger partial charge in [0.15, 0.2) is 5.82 Å². The zero-order valence-corrected chi connectivity index (χ0v) is 27.2. The standard InChI is InChI=1S/C36H47N7O2/c1-25(30-12-9-21-41(5)33(30)38)43(34-31(37)17-18-32(40-34)27-10-7-6-8-11-27)29-15-13-26(14-16-29)24-42-22-19-28(20-23-42)39-35(44)45-36(2,3)4/h6-18,25,28H,19-24,37-38H2,1-5H3,(H,39,44). The second kappa shape index (κ2) is 13.6. The first-order valence-corrected chi connectivity index (χ1v) is 15.8. The zero-order valence-electron chi connectivity index (χ0n) is 27.2. The van der Waals surface area contributed by atoms with Crippen LogP contribution in [0.25, 0.3) is 11.3 Å². The van der Waals surface area contributed by atoms with Crippen molar-refractivity contribution in [2.24, 2.45) is 5.73 Å². The van der Waals surface area contributed by atoms with Gasteiger partial charge in [-0.1, -0.05) is 54.6 Å². The fraction of sp³-hybridized carbons (Fsp3) is 0.389. The summed E-state index contributed by atoms with van der Waals surface area (Å²) in [5.41, 5.74) is 18.5. The van der Waals surface area contributed by atoms with Crippen LogP contribution in [-0.2, 0) is 11.3 Å². The van der Waals surface area contributed by atoms with Crippen LogP contribution in [0, 0.1) is 0 Å². The van der Waals surface area contributed by atoms with Crippen molar-refractivity contribution in [1.29, 1.82) is 0 Å². The van der Waals surface area contributed by atoms with E-state index in [9.17, 15) is 4.79 Å². The van der Waals surface area contributed by atoms with Crippen molar-refractivity contribution in [2.75, 3.05) is 37.3 Å². The molecule has 3 heterocycles. The fourth-order valence-corrected chi connectivity index (χ4v) is 5.92. The number of ether oxygens (including phenoxy) is 1. The van der Waals surface area contributed by atoms with Crippen molar-refractivity contribution < 1.29 is 9.53 Å². The molecule has 238 valence electrons. The number of anilines is 3. The van der Waals surface area contributed by atoms with E-state index in [0.29, 0.717) is 11.5 Å². The molecule has 5 N–H and O–H groups in total. The number of rotatable bonds is 8. The van der Waals surface area contributed by atoms with Crippen molar-refractivity contribution in [1.82, 2.24) is 20.1 Å². The van der Waals surface area contributed by atoms with E-state index in [1.165, 1.54) is 5.56 Å². The minimum Gasteiger partial charge on any atom is -0.444 e. The molecule has 45 heavy (non-hydrogen) atoms. The van der Waals surface area contributed by atoms with E-state index in [-0.39, 0.29) is 18.2 Å². The number of carbonyl (C=O) groups is 1. The minimum atomic E-state index is -0.496. The smallest absolute Gasteiger partial charge is 0.407 e. The number of alkyl carbamates (subject to hydrolysis) is 1. The van der Waals surface area contributed by atoms with Crippen LogP contribution in [0.2, 0.25) is 0 Å². The number of carbonyl (C=O) groups excluding carboxylic acids is 1. The molecule has 3 aromatic rings. The number of pyridine rings is 1. The maximum atomic E-state index is 12.2. The van der Waals surface area contributed by atoms with E-state index >= 15 is 0 Å². The van der Waals surface area contributed by atoms with E-state index in [1.807, 2.05) is 58.2 Å². The van der Waals surface area contributed by atoms with Crippen LogP contribution in [0.4, 0.5) is 22.0 Å². The lowest BCUT2D eigenvalue weighted by Crippen LogP contribution is -2.45. The van der Waals surface area contributed by atoms with Gasteiger partial charge in [-0.2, -0.15) is 0 Å². The van der Waals surface area contributed by atoms with Gasteiger partial charge in [0.1, 0.15) is 11.4 Å². The number of nitrogens with one attached hydrogen (secondary N) is 1. The van der Waals surface area contributed by atoms with Gasteiger partial charge in [0, 0.05) is 56.1 Å². The van der Waals surface area contributed by atoms with Crippen LogP contribution in [0.5, 0.6) is 0 Å². The van der Waals surface area contributed by atoms with E-state index in [2.05, 4.69) is 75.5 Å². The third kappa shape index (κ3) is 7.97. The Morgan fingerprint density at radius 2 is 1.73 bits per heavy atom. The first kappa shape index (κ1) is 31.9. The fourth-order valence-electron chi connectivity index (χ4n) is 5.92. The van der Waals surface area contributed by atoms with E-state index in [4.69, 9.17) is 21.2 Å². The lowest BCUT2D eigenvalue weighted by atomic mass is 10.0. The highest BCUT2D eigenvalue weighted by molar-refractivity contribution is 5.76. The molecular weight excluding hydrogens is 562 g/mol. The van der Waals surface area contributed by atoms with Crippen molar-refractivity contribution >= 4 is 23.3 Å². The van der Waals surface area contributed by atoms with Crippen LogP contribution >= 0.6 is 0 Å². The van der Waals surface area contributed by atoms with Gasteiger partial charge in [-0.15, -0.1) is 0 Å². The Bertz CT molecular complexity index is 1520. The minimum absolute atomic E-state index is 0.132. The number of likely N-dealkylation sites (N-methyl/N-ethyl adjacent to an activating group) is 1. The summed E-state index contributed by atoms with van der Waals surface area (Å²) >= 11 is 0. The van der Waals surface area contributed by atoms with E-state index in [0.717, 1.165) is 67.4 Å². The van der Waals surface area contributed by atoms with Crippen LogP contribution in [0.3, 0.4) is 0 Å². The van der Waals surface area contributed by atoms with Crippen molar-refractivity contribution in [3.63, 3.8) is 0 Å². The van der Waals surface area contributed by atoms with Gasteiger partial charge in [-0.3, -0.25) is 4.90 Å². The second-order valence-corrected chi connectivity index (χ2v) is 13.0. The molecule has 1 amide bonds. The number of likely N-dealkylation sites (tertiary alicyclic amines) is 1. The van der Waals surface area contributed by atoms with Crippen LogP contribution in [0.1, 0.15) is 46.1 Å². The molecule has 0 saturated carbocycles. The first-order valence-electron chi connectivity index (χ1n) is 15.8. The predicted octanol–water partition coefficient (Wildman–Crippen LogP) is 6.02. The number of benzene rings is 2. The maximum Gasteiger partial charge on any atom is 0.407 e. The number of nitrogen functional groups attached to an aromatic ring is 1. The number of nitrogens with zero attached hydrogens (tertiary/aromatic N) is 4. The second-order valence-electron chi connectivity index (χ2n) is 13.0. The Kier molecular flexibility index (Phi) is 9.68. The summed E-state index contributed by atoms with van der Waals surface area (Å²) in [7, 11) is 2.00. The van der Waals surface area contributed by atoms with E-state index < -0.39 is 5.60 Å². The normalized spacial score (nSPS) is 16.9. The molecule has 0 radical (unpaired) electrons. The molecule has 1 aromatic heterocycles. The first-order chi connectivity index (χ1) is 21.5. The molecule has 0 aliphatic carbocycles. The molecule has 0 spiro atoms. The molecule has 9 nitrogen and oxygen atoms in total. The summed E-state index contributed by atoms with van der Waals surface area (Å²) < 4.78 is 5.43. The third-order valence-corrected chi connectivity index (χ3v) is 8.35. The number of aromatic nitrogens is 1. The predicted molar refractivity (Wildman–Crippen MR) is 183 cm³/mol. The topological polar surface area (TPSA) is 113 Å². The van der Waals surface area contributed by atoms with Gasteiger partial charge in [0.2, 0.25) is 0 Å². The molecule has 9 heteroatoms. The molecule has 1 fully saturated rings. The number of hydrogen-bond donors (Lipinski definition) is 3. The van der Waals surface area contributed by atoms with Gasteiger partial charge in [0.05, 0.1) is 17.4 Å². The molecule has 5 rings (SSSR count). The molecule has 2 aromatic carbocycles. The quantitative estimate of drug-likeness (QED) is 0.284. The van der Waals surface area contributed by atoms with Gasteiger partial charge >= 0.3 is 6.09 Å². The lowest BCUT2D eigenvalue weighted by Gasteiger charge is -2.36. The highest BCUT2D eigenvalue weighted by Crippen LogP contribution is 2.36. The van der Waals surface area contributed by atoms with Crippen molar-refractivity contribution in [3.8, 4) is 11.3 Å². The maximum absolute atomic E-state index is 12.2. The highest BCUT2D eigenvalue weighted by atomic mass is 16.6. The summed E-state index contributed by atoms with van der Waals surface area (Å²) in [6, 6.07) is 22.7. The zero-order chi connectivity index (χ0) is 32.1. The molecular formula is C36H47N7O2. The Balaban J connectivity index is 1.36. The Morgan fingerprint density at radius 1 is 1.04 bits per heavy atom. The Hall–Kier alpha value is -4.50. The molecule has 1 unspecified atom stereocenters. The van der Waals surface area contributed by atoms with Gasteiger partial charge in [-0.25, -0.2) is 9.78 Å². The lowest BCUT2D eigenvalue weighted by molar-refractivity contribution is 0.0477. The summed E-state index contributed by atoms with van der Waals surface area (Å²) in [5, 5.41) is 3.03. The summed E-state index contributed by atoms with van der Waals surface area (Å²) in [6.45, 7) is 11.2.